The number of methoxy groups -OCH3 is 1. The van der Waals surface area contributed by atoms with Crippen molar-refractivity contribution in [2.75, 3.05) is 40.5 Å². The van der Waals surface area contributed by atoms with Crippen LogP contribution in [0.3, 0.4) is 0 Å². The molecule has 2 aliphatic rings. The first kappa shape index (κ1) is 18.3. The van der Waals surface area contributed by atoms with Crippen LogP contribution in [0.4, 0.5) is 0 Å². The number of guanidine groups is 1. The van der Waals surface area contributed by atoms with Crippen LogP contribution in [0.15, 0.2) is 41.4 Å². The molecule has 1 atom stereocenters. The van der Waals surface area contributed by atoms with E-state index in [-0.39, 0.29) is 0 Å². The van der Waals surface area contributed by atoms with Crippen LogP contribution in [-0.4, -0.2) is 51.3 Å². The lowest BCUT2D eigenvalue weighted by molar-refractivity contribution is 0.156. The highest BCUT2D eigenvalue weighted by molar-refractivity contribution is 7.15. The van der Waals surface area contributed by atoms with E-state index >= 15 is 0 Å². The van der Waals surface area contributed by atoms with Gasteiger partial charge in [0.15, 0.2) is 5.96 Å². The van der Waals surface area contributed by atoms with Crippen LogP contribution in [0.5, 0.6) is 5.75 Å². The fraction of sp³-hybridized carbons (Fsp3) is 0.476. The van der Waals surface area contributed by atoms with E-state index in [0.717, 1.165) is 44.6 Å². The third-order valence-electron chi connectivity index (χ3n) is 5.59. The van der Waals surface area contributed by atoms with Crippen molar-refractivity contribution in [2.24, 2.45) is 10.4 Å². The summed E-state index contributed by atoms with van der Waals surface area (Å²) in [7, 11) is 3.56. The molecule has 1 N–H and O–H groups in total. The normalized spacial score (nSPS) is 22.6. The molecule has 144 valence electrons. The summed E-state index contributed by atoms with van der Waals surface area (Å²) in [5.74, 6) is 1.88. The number of ether oxygens (including phenoxy) is 2. The molecule has 2 fully saturated rings. The quantitative estimate of drug-likeness (QED) is 0.645. The Kier molecular flexibility index (Phi) is 5.36. The zero-order chi connectivity index (χ0) is 18.7. The summed E-state index contributed by atoms with van der Waals surface area (Å²) < 4.78 is 10.9. The van der Waals surface area contributed by atoms with E-state index in [2.05, 4.69) is 39.5 Å². The number of nitrogens with one attached hydrogen (secondary N) is 1. The summed E-state index contributed by atoms with van der Waals surface area (Å²) in [5.41, 5.74) is 1.57. The summed E-state index contributed by atoms with van der Waals surface area (Å²) >= 11 is 1.82. The topological polar surface area (TPSA) is 46.1 Å². The minimum atomic E-state index is 0.349. The van der Waals surface area contributed by atoms with Gasteiger partial charge in [-0.2, -0.15) is 0 Å². The van der Waals surface area contributed by atoms with Gasteiger partial charge in [0, 0.05) is 41.9 Å². The zero-order valence-corrected chi connectivity index (χ0v) is 16.8. The van der Waals surface area contributed by atoms with Gasteiger partial charge in [-0.15, -0.1) is 11.3 Å². The van der Waals surface area contributed by atoms with E-state index in [1.165, 1.54) is 28.2 Å². The van der Waals surface area contributed by atoms with Crippen molar-refractivity contribution in [3.05, 3.63) is 41.3 Å². The molecule has 5 nitrogen and oxygen atoms in total. The van der Waals surface area contributed by atoms with Gasteiger partial charge in [-0.05, 0) is 54.8 Å². The highest BCUT2D eigenvalue weighted by Crippen LogP contribution is 2.38. The maximum absolute atomic E-state index is 5.64. The predicted octanol–water partition coefficient (Wildman–Crippen LogP) is 3.61. The summed E-state index contributed by atoms with van der Waals surface area (Å²) in [6.45, 7) is 4.71. The molecule has 6 heteroatoms. The molecular weight excluding hydrogens is 358 g/mol. The van der Waals surface area contributed by atoms with Crippen molar-refractivity contribution in [1.29, 1.82) is 0 Å². The van der Waals surface area contributed by atoms with Crippen LogP contribution in [0, 0.1) is 5.41 Å². The summed E-state index contributed by atoms with van der Waals surface area (Å²) in [6, 6.07) is 12.6. The Morgan fingerprint density at radius 1 is 1.26 bits per heavy atom. The lowest BCUT2D eigenvalue weighted by atomic mass is 9.87. The Bertz CT molecular complexity index is 794. The molecule has 2 aromatic rings. The fourth-order valence-corrected chi connectivity index (χ4v) is 4.92. The number of thiophene rings is 1. The predicted molar refractivity (Wildman–Crippen MR) is 111 cm³/mol. The number of nitrogens with zero attached hydrogens (tertiary/aromatic N) is 2. The van der Waals surface area contributed by atoms with Gasteiger partial charge in [-0.1, -0.05) is 0 Å². The van der Waals surface area contributed by atoms with Gasteiger partial charge in [0.2, 0.25) is 0 Å². The largest absolute Gasteiger partial charge is 0.497 e. The third kappa shape index (κ3) is 3.96. The molecule has 1 unspecified atom stereocenters. The maximum atomic E-state index is 5.64. The van der Waals surface area contributed by atoms with Crippen LogP contribution in [0.2, 0.25) is 0 Å². The SMILES string of the molecule is CN=C(NCc1ccc(-c2ccc(OC)cc2)s1)N1CCC2(CCOC2)C1. The first-order valence-electron chi connectivity index (χ1n) is 9.48. The Labute approximate surface area is 165 Å². The van der Waals surface area contributed by atoms with E-state index < -0.39 is 0 Å². The minimum Gasteiger partial charge on any atom is -0.497 e. The van der Waals surface area contributed by atoms with Gasteiger partial charge in [0.05, 0.1) is 20.3 Å². The Hall–Kier alpha value is -2.05. The number of likely N-dealkylation sites (tertiary alicyclic amines) is 1. The molecule has 1 spiro atoms. The summed E-state index contributed by atoms with van der Waals surface area (Å²) in [6.07, 6.45) is 2.38. The van der Waals surface area contributed by atoms with Crippen LogP contribution >= 0.6 is 11.3 Å². The average molecular weight is 386 g/mol. The molecule has 1 aromatic heterocycles. The van der Waals surface area contributed by atoms with Crippen molar-refractivity contribution < 1.29 is 9.47 Å². The fourth-order valence-electron chi connectivity index (χ4n) is 3.97. The van der Waals surface area contributed by atoms with Crippen LogP contribution in [0.25, 0.3) is 10.4 Å². The molecule has 0 radical (unpaired) electrons. The Morgan fingerprint density at radius 2 is 2.11 bits per heavy atom. The van der Waals surface area contributed by atoms with E-state index in [4.69, 9.17) is 9.47 Å². The van der Waals surface area contributed by atoms with Gasteiger partial charge < -0.3 is 19.7 Å². The first-order chi connectivity index (χ1) is 13.2. The second-order valence-electron chi connectivity index (χ2n) is 7.37. The molecule has 0 saturated carbocycles. The molecule has 0 bridgehead atoms. The van der Waals surface area contributed by atoms with Crippen LogP contribution < -0.4 is 10.1 Å². The van der Waals surface area contributed by atoms with Gasteiger partial charge in [-0.3, -0.25) is 4.99 Å². The molecular formula is C21H27N3O2S. The van der Waals surface area contributed by atoms with Crippen LogP contribution in [-0.2, 0) is 11.3 Å². The highest BCUT2D eigenvalue weighted by atomic mass is 32.1. The second kappa shape index (κ2) is 7.90. The average Bonchev–Trinajstić information content (AvgIpc) is 3.45. The molecule has 4 rings (SSSR count). The molecule has 2 aliphatic heterocycles. The summed E-state index contributed by atoms with van der Waals surface area (Å²) in [4.78, 5) is 9.46. The Morgan fingerprint density at radius 3 is 2.81 bits per heavy atom. The van der Waals surface area contributed by atoms with Gasteiger partial charge >= 0.3 is 0 Å². The molecule has 2 saturated heterocycles. The van der Waals surface area contributed by atoms with Gasteiger partial charge in [0.25, 0.3) is 0 Å². The molecule has 3 heterocycles. The zero-order valence-electron chi connectivity index (χ0n) is 16.0. The van der Waals surface area contributed by atoms with Gasteiger partial charge in [-0.25, -0.2) is 0 Å². The highest BCUT2D eigenvalue weighted by Gasteiger charge is 2.42. The lowest BCUT2D eigenvalue weighted by Crippen LogP contribution is -2.41. The number of rotatable bonds is 4. The van der Waals surface area contributed by atoms with E-state index in [0.29, 0.717) is 5.41 Å². The van der Waals surface area contributed by atoms with Crippen LogP contribution in [0.1, 0.15) is 17.7 Å². The minimum absolute atomic E-state index is 0.349. The summed E-state index contributed by atoms with van der Waals surface area (Å²) in [5, 5.41) is 3.54. The molecule has 1 aromatic carbocycles. The molecule has 0 amide bonds. The number of hydrogen-bond donors (Lipinski definition) is 1. The third-order valence-corrected chi connectivity index (χ3v) is 6.73. The lowest BCUT2D eigenvalue weighted by Gasteiger charge is -2.24. The second-order valence-corrected chi connectivity index (χ2v) is 8.54. The first-order valence-corrected chi connectivity index (χ1v) is 10.3. The Balaban J connectivity index is 1.36. The smallest absolute Gasteiger partial charge is 0.193 e. The van der Waals surface area contributed by atoms with Crippen molar-refractivity contribution in [3.63, 3.8) is 0 Å². The molecule has 0 aliphatic carbocycles. The monoisotopic (exact) mass is 385 g/mol. The molecule has 27 heavy (non-hydrogen) atoms. The van der Waals surface area contributed by atoms with E-state index in [9.17, 15) is 0 Å². The van der Waals surface area contributed by atoms with Crippen molar-refractivity contribution in [1.82, 2.24) is 10.2 Å². The standard InChI is InChI=1S/C21H27N3O2S/c1-22-20(24-11-9-21(14-24)10-12-26-15-21)23-13-18-7-8-19(27-18)16-3-5-17(25-2)6-4-16/h3-8H,9-15H2,1-2H3,(H,22,23). The van der Waals surface area contributed by atoms with E-state index in [1.807, 2.05) is 30.5 Å². The number of hydrogen-bond acceptors (Lipinski definition) is 4. The number of benzene rings is 1. The maximum Gasteiger partial charge on any atom is 0.193 e. The number of aliphatic imine (C=N–C) groups is 1. The van der Waals surface area contributed by atoms with Crippen molar-refractivity contribution >= 4 is 17.3 Å². The van der Waals surface area contributed by atoms with Gasteiger partial charge in [0.1, 0.15) is 5.75 Å². The van der Waals surface area contributed by atoms with Crippen molar-refractivity contribution in [2.45, 2.75) is 19.4 Å². The van der Waals surface area contributed by atoms with E-state index in [1.54, 1.807) is 7.11 Å². The van der Waals surface area contributed by atoms with Crippen molar-refractivity contribution in [3.8, 4) is 16.2 Å².